The quantitative estimate of drug-likeness (QED) is 0.172. The van der Waals surface area contributed by atoms with E-state index in [1.54, 1.807) is 12.1 Å². The van der Waals surface area contributed by atoms with Crippen LogP contribution in [-0.4, -0.2) is 38.7 Å². The summed E-state index contributed by atoms with van der Waals surface area (Å²) in [4.78, 5) is 29.9. The smallest absolute Gasteiger partial charge is 0.400 e. The van der Waals surface area contributed by atoms with Gasteiger partial charge in [0.2, 0.25) is 0 Å². The molecule has 0 atom stereocenters. The van der Waals surface area contributed by atoms with Crippen LogP contribution >= 0.6 is 34.9 Å². The van der Waals surface area contributed by atoms with Crippen LogP contribution in [0.15, 0.2) is 34.9 Å². The number of aromatic nitrogens is 2. The number of hydrogen-bond acceptors (Lipinski definition) is 6. The minimum Gasteiger partial charge on any atom is -0.492 e. The number of halogens is 6. The Morgan fingerprint density at radius 3 is 2.54 bits per heavy atom. The number of thiophene rings is 1. The van der Waals surface area contributed by atoms with E-state index in [0.29, 0.717) is 17.0 Å². The monoisotopic (exact) mass is 603 g/mol. The van der Waals surface area contributed by atoms with E-state index in [1.807, 2.05) is 0 Å². The fourth-order valence-electron chi connectivity index (χ4n) is 2.86. The summed E-state index contributed by atoms with van der Waals surface area (Å²) < 4.78 is 82.6. The normalized spacial score (nSPS) is 12.7. The Hall–Kier alpha value is -2.19. The summed E-state index contributed by atoms with van der Waals surface area (Å²) in [7, 11) is -5.92. The maximum absolute atomic E-state index is 14.5. The van der Waals surface area contributed by atoms with Gasteiger partial charge in [-0.1, -0.05) is 0 Å². The van der Waals surface area contributed by atoms with E-state index in [1.165, 1.54) is 12.3 Å². The van der Waals surface area contributed by atoms with Crippen LogP contribution < -0.4 is 10.1 Å². The average molecular weight is 604 g/mol. The molecule has 0 saturated heterocycles. The molecule has 2 heterocycles. The minimum atomic E-state index is -5.92. The van der Waals surface area contributed by atoms with Crippen molar-refractivity contribution in [1.29, 1.82) is 0 Å². The van der Waals surface area contributed by atoms with E-state index in [9.17, 15) is 31.3 Å². The molecule has 3 rings (SSSR count). The highest BCUT2D eigenvalue weighted by Gasteiger charge is 2.53. The number of carbonyl (C=O) groups excluding carboxylic acids is 1. The average Bonchev–Trinajstić information content (AvgIpc) is 3.11. The van der Waals surface area contributed by atoms with Crippen molar-refractivity contribution >= 4 is 50.9 Å². The number of benzene rings is 1. The van der Waals surface area contributed by atoms with Crippen LogP contribution in [0, 0.1) is 0 Å². The van der Waals surface area contributed by atoms with Crippen LogP contribution in [0.2, 0.25) is 0 Å². The summed E-state index contributed by atoms with van der Waals surface area (Å²) in [5, 5.41) is 9.98. The SMILES string of the molecule is O=C(NCc1cccnn1)c1cc(OCCCC(F)(F)F)c2sc(C(F)(F)P(=O)(O)O)c(Br)c2c1. The predicted octanol–water partition coefficient (Wildman–Crippen LogP) is 5.33. The third kappa shape index (κ3) is 6.53. The zero-order valence-corrected chi connectivity index (χ0v) is 20.6. The van der Waals surface area contributed by atoms with Crippen molar-refractivity contribution in [2.75, 3.05) is 6.61 Å². The molecule has 0 radical (unpaired) electrons. The molecule has 8 nitrogen and oxygen atoms in total. The second kappa shape index (κ2) is 10.4. The minimum absolute atomic E-state index is 0.0290. The van der Waals surface area contributed by atoms with E-state index in [0.717, 1.165) is 6.07 Å². The van der Waals surface area contributed by atoms with Gasteiger partial charge in [0.25, 0.3) is 5.91 Å². The molecule has 0 saturated carbocycles. The molecular weight excluding hydrogens is 588 g/mol. The highest BCUT2D eigenvalue weighted by molar-refractivity contribution is 9.10. The van der Waals surface area contributed by atoms with Crippen LogP contribution in [0.4, 0.5) is 22.0 Å². The maximum Gasteiger partial charge on any atom is 0.400 e. The number of rotatable bonds is 9. The molecule has 16 heteroatoms. The van der Waals surface area contributed by atoms with E-state index >= 15 is 0 Å². The number of fused-ring (bicyclic) bond motifs is 1. The molecule has 0 bridgehead atoms. The van der Waals surface area contributed by atoms with E-state index in [-0.39, 0.29) is 32.4 Å². The first kappa shape index (κ1) is 27.4. The van der Waals surface area contributed by atoms with E-state index in [2.05, 4.69) is 31.4 Å². The van der Waals surface area contributed by atoms with Gasteiger partial charge in [-0.2, -0.15) is 32.1 Å². The molecule has 3 N–H and O–H groups in total. The summed E-state index contributed by atoms with van der Waals surface area (Å²) in [6.07, 6.45) is -4.58. The van der Waals surface area contributed by atoms with Crippen LogP contribution in [0.1, 0.15) is 33.8 Å². The predicted molar refractivity (Wildman–Crippen MR) is 119 cm³/mol. The number of carbonyl (C=O) groups is 1. The van der Waals surface area contributed by atoms with Crippen molar-refractivity contribution in [3.05, 3.63) is 51.1 Å². The fourth-order valence-corrected chi connectivity index (χ4v) is 5.83. The molecule has 0 unspecified atom stereocenters. The number of alkyl halides is 5. The lowest BCUT2D eigenvalue weighted by Gasteiger charge is -2.16. The third-order valence-corrected chi connectivity index (χ3v) is 8.00. The lowest BCUT2D eigenvalue weighted by Crippen LogP contribution is -2.23. The molecule has 0 aliphatic carbocycles. The first-order valence-corrected chi connectivity index (χ1v) is 12.9. The molecule has 0 aliphatic rings. The van der Waals surface area contributed by atoms with Crippen molar-refractivity contribution in [2.24, 2.45) is 0 Å². The summed E-state index contributed by atoms with van der Waals surface area (Å²) >= 11 is 3.21. The van der Waals surface area contributed by atoms with Crippen LogP contribution in [0.5, 0.6) is 5.75 Å². The topological polar surface area (TPSA) is 122 Å². The first-order chi connectivity index (χ1) is 16.2. The summed E-state index contributed by atoms with van der Waals surface area (Å²) in [5.74, 6) is -0.869. The van der Waals surface area contributed by atoms with Crippen molar-refractivity contribution < 1.29 is 45.8 Å². The Morgan fingerprint density at radius 1 is 1.23 bits per heavy atom. The first-order valence-electron chi connectivity index (χ1n) is 9.65. The van der Waals surface area contributed by atoms with Crippen molar-refractivity contribution in [2.45, 2.75) is 31.2 Å². The van der Waals surface area contributed by atoms with E-state index in [4.69, 9.17) is 14.5 Å². The Kier molecular flexibility index (Phi) is 8.16. The number of nitrogens with zero attached hydrogens (tertiary/aromatic N) is 2. The lowest BCUT2D eigenvalue weighted by atomic mass is 10.1. The second-order valence-electron chi connectivity index (χ2n) is 7.15. The Morgan fingerprint density at radius 2 is 1.94 bits per heavy atom. The summed E-state index contributed by atoms with van der Waals surface area (Å²) in [6.45, 7) is -0.474. The largest absolute Gasteiger partial charge is 0.492 e. The molecule has 0 aliphatic heterocycles. The molecular formula is C19H16BrF5N3O5PS. The number of amides is 1. The van der Waals surface area contributed by atoms with Gasteiger partial charge in [-0.25, -0.2) is 0 Å². The number of nitrogens with one attached hydrogen (secondary N) is 1. The van der Waals surface area contributed by atoms with Crippen molar-refractivity contribution in [3.63, 3.8) is 0 Å². The molecule has 0 spiro atoms. The molecule has 35 heavy (non-hydrogen) atoms. The Labute approximate surface area is 206 Å². The zero-order chi connectivity index (χ0) is 26.0. The maximum atomic E-state index is 14.5. The second-order valence-corrected chi connectivity index (χ2v) is 10.6. The number of hydrogen-bond donors (Lipinski definition) is 3. The van der Waals surface area contributed by atoms with Crippen LogP contribution in [0.25, 0.3) is 10.1 Å². The molecule has 190 valence electrons. The summed E-state index contributed by atoms with van der Waals surface area (Å²) in [5.41, 5.74) is -4.22. The molecule has 1 amide bonds. The van der Waals surface area contributed by atoms with Gasteiger partial charge in [0.05, 0.1) is 23.5 Å². The van der Waals surface area contributed by atoms with Crippen molar-refractivity contribution in [1.82, 2.24) is 15.5 Å². The van der Waals surface area contributed by atoms with Gasteiger partial charge in [0, 0.05) is 28.0 Å². The molecule has 3 aromatic rings. The van der Waals surface area contributed by atoms with Gasteiger partial charge in [-0.15, -0.1) is 11.3 Å². The third-order valence-electron chi connectivity index (χ3n) is 4.52. The molecule has 2 aromatic heterocycles. The Balaban J connectivity index is 1.99. The number of ether oxygens (including phenoxy) is 1. The zero-order valence-electron chi connectivity index (χ0n) is 17.4. The van der Waals surface area contributed by atoms with E-state index < -0.39 is 49.7 Å². The van der Waals surface area contributed by atoms with Gasteiger partial charge in [-0.3, -0.25) is 9.36 Å². The highest BCUT2D eigenvalue weighted by atomic mass is 79.9. The van der Waals surface area contributed by atoms with Crippen LogP contribution in [-0.2, 0) is 16.8 Å². The molecule has 0 fully saturated rings. The van der Waals surface area contributed by atoms with Gasteiger partial charge in [-0.05, 0) is 46.6 Å². The van der Waals surface area contributed by atoms with Gasteiger partial charge in [0.15, 0.2) is 0 Å². The highest BCUT2D eigenvalue weighted by Crippen LogP contribution is 2.63. The fraction of sp³-hybridized carbons (Fsp3) is 0.316. The van der Waals surface area contributed by atoms with Gasteiger partial charge in [0.1, 0.15) is 10.6 Å². The van der Waals surface area contributed by atoms with Crippen molar-refractivity contribution in [3.8, 4) is 5.75 Å². The summed E-state index contributed by atoms with van der Waals surface area (Å²) in [6, 6.07) is 5.55. The van der Waals surface area contributed by atoms with Gasteiger partial charge < -0.3 is 19.8 Å². The van der Waals surface area contributed by atoms with Gasteiger partial charge >= 0.3 is 19.4 Å². The van der Waals surface area contributed by atoms with Crippen LogP contribution in [0.3, 0.4) is 0 Å². The molecule has 1 aromatic carbocycles. The standard InChI is InChI=1S/C19H16BrF5N3O5PS/c20-14-12-7-10(17(29)26-9-11-3-1-5-27-28-11)8-13(33-6-2-4-18(21,22)23)15(12)35-16(14)19(24,25)34(30,31)32/h1,3,5,7-8H,2,4,6,9H2,(H,26,29)(H2,30,31,32). The Bertz CT molecular complexity index is 1270. The lowest BCUT2D eigenvalue weighted by molar-refractivity contribution is -0.136.